The highest BCUT2D eigenvalue weighted by molar-refractivity contribution is 7.99. The van der Waals surface area contributed by atoms with Crippen molar-refractivity contribution in [3.05, 3.63) is 54.4 Å². The summed E-state index contributed by atoms with van der Waals surface area (Å²) in [7, 11) is -3.48. The molecule has 1 saturated carbocycles. The van der Waals surface area contributed by atoms with Gasteiger partial charge in [-0.25, -0.2) is 8.42 Å². The van der Waals surface area contributed by atoms with Crippen molar-refractivity contribution in [1.29, 1.82) is 0 Å². The molecule has 1 fully saturated rings. The van der Waals surface area contributed by atoms with Gasteiger partial charge in [-0.1, -0.05) is 30.0 Å². The number of amides is 2. The Balaban J connectivity index is 1.54. The predicted molar refractivity (Wildman–Crippen MR) is 127 cm³/mol. The summed E-state index contributed by atoms with van der Waals surface area (Å²) in [6, 6.07) is 13.6. The summed E-state index contributed by atoms with van der Waals surface area (Å²) in [5.74, 6) is 0.628. The SMILES string of the molecule is CC(=O)Nc1cccc(-n2c(SCC(=O)Nc3ccccc3S(C)(=O)=O)nnc2C2CC2)c1. The highest BCUT2D eigenvalue weighted by Gasteiger charge is 2.31. The average molecular weight is 486 g/mol. The highest BCUT2D eigenvalue weighted by atomic mass is 32.2. The van der Waals surface area contributed by atoms with E-state index < -0.39 is 9.84 Å². The normalized spacial score (nSPS) is 13.5. The van der Waals surface area contributed by atoms with Crippen molar-refractivity contribution in [1.82, 2.24) is 14.8 Å². The van der Waals surface area contributed by atoms with Crippen LogP contribution in [0, 0.1) is 0 Å². The third-order valence-electron chi connectivity index (χ3n) is 4.92. The highest BCUT2D eigenvalue weighted by Crippen LogP contribution is 2.41. The standard InChI is InChI=1S/C22H23N5O4S2/c1-14(28)23-16-6-5-7-17(12-16)27-21(15-10-11-15)25-26-22(27)32-13-20(29)24-18-8-3-4-9-19(18)33(2,30)31/h3-9,12,15H,10-11,13H2,1-2H3,(H,23,28)(H,24,29). The van der Waals surface area contributed by atoms with Gasteiger partial charge < -0.3 is 10.6 Å². The molecule has 0 saturated heterocycles. The van der Waals surface area contributed by atoms with Crippen molar-refractivity contribution in [3.8, 4) is 5.69 Å². The Hall–Kier alpha value is -3.18. The van der Waals surface area contributed by atoms with E-state index in [0.29, 0.717) is 16.8 Å². The molecular formula is C22H23N5O4S2. The number of nitrogens with zero attached hydrogens (tertiary/aromatic N) is 3. The second-order valence-electron chi connectivity index (χ2n) is 7.79. The molecule has 0 radical (unpaired) electrons. The van der Waals surface area contributed by atoms with Gasteiger partial charge in [0.25, 0.3) is 0 Å². The summed E-state index contributed by atoms with van der Waals surface area (Å²) in [4.78, 5) is 24.1. The first-order valence-corrected chi connectivity index (χ1v) is 13.1. The summed E-state index contributed by atoms with van der Waals surface area (Å²) in [5, 5.41) is 14.6. The van der Waals surface area contributed by atoms with Crippen LogP contribution < -0.4 is 10.6 Å². The Kier molecular flexibility index (Phi) is 6.52. The van der Waals surface area contributed by atoms with Crippen molar-refractivity contribution < 1.29 is 18.0 Å². The van der Waals surface area contributed by atoms with Crippen molar-refractivity contribution in [2.24, 2.45) is 0 Å². The molecule has 9 nitrogen and oxygen atoms in total. The molecule has 172 valence electrons. The minimum Gasteiger partial charge on any atom is -0.326 e. The summed E-state index contributed by atoms with van der Waals surface area (Å²) < 4.78 is 25.9. The first-order valence-electron chi connectivity index (χ1n) is 10.3. The Morgan fingerprint density at radius 1 is 1.09 bits per heavy atom. The molecule has 2 aromatic carbocycles. The summed E-state index contributed by atoms with van der Waals surface area (Å²) in [5.41, 5.74) is 1.69. The van der Waals surface area contributed by atoms with Crippen molar-refractivity contribution in [3.63, 3.8) is 0 Å². The molecule has 2 N–H and O–H groups in total. The lowest BCUT2D eigenvalue weighted by Gasteiger charge is -2.12. The molecular weight excluding hydrogens is 462 g/mol. The number of thioether (sulfide) groups is 1. The molecule has 0 bridgehead atoms. The molecule has 1 heterocycles. The van der Waals surface area contributed by atoms with Gasteiger partial charge in [0.1, 0.15) is 5.82 Å². The molecule has 0 unspecified atom stereocenters. The van der Waals surface area contributed by atoms with Gasteiger partial charge in [-0.05, 0) is 43.2 Å². The maximum Gasteiger partial charge on any atom is 0.234 e. The summed E-state index contributed by atoms with van der Waals surface area (Å²) >= 11 is 1.21. The minimum absolute atomic E-state index is 0.0201. The Labute approximate surface area is 195 Å². The maximum atomic E-state index is 12.6. The van der Waals surface area contributed by atoms with Crippen LogP contribution in [0.25, 0.3) is 5.69 Å². The number of rotatable bonds is 8. The molecule has 3 aromatic rings. The number of sulfone groups is 1. The first kappa shape index (κ1) is 23.0. The molecule has 4 rings (SSSR count). The van der Waals surface area contributed by atoms with Crippen LogP contribution in [0.1, 0.15) is 31.5 Å². The zero-order valence-corrected chi connectivity index (χ0v) is 19.7. The predicted octanol–water partition coefficient (Wildman–Crippen LogP) is 3.24. The Morgan fingerprint density at radius 2 is 1.85 bits per heavy atom. The monoisotopic (exact) mass is 485 g/mol. The molecule has 0 aliphatic heterocycles. The zero-order valence-electron chi connectivity index (χ0n) is 18.1. The largest absolute Gasteiger partial charge is 0.326 e. The molecule has 1 aliphatic carbocycles. The van der Waals surface area contributed by atoms with Crippen LogP contribution in [0.4, 0.5) is 11.4 Å². The lowest BCUT2D eigenvalue weighted by Crippen LogP contribution is -2.16. The summed E-state index contributed by atoms with van der Waals surface area (Å²) in [6.45, 7) is 1.45. The van der Waals surface area contributed by atoms with E-state index >= 15 is 0 Å². The van der Waals surface area contributed by atoms with Crippen LogP contribution in [0.15, 0.2) is 58.6 Å². The van der Waals surface area contributed by atoms with E-state index in [4.69, 9.17) is 0 Å². The van der Waals surface area contributed by atoms with Gasteiger partial charge in [0.05, 0.1) is 22.0 Å². The second kappa shape index (κ2) is 9.36. The van der Waals surface area contributed by atoms with E-state index in [1.807, 2.05) is 22.8 Å². The first-order chi connectivity index (χ1) is 15.7. The van der Waals surface area contributed by atoms with Crippen LogP contribution in [0.3, 0.4) is 0 Å². The molecule has 33 heavy (non-hydrogen) atoms. The van der Waals surface area contributed by atoms with Gasteiger partial charge in [0, 0.05) is 24.8 Å². The molecule has 11 heteroatoms. The Morgan fingerprint density at radius 3 is 2.55 bits per heavy atom. The van der Waals surface area contributed by atoms with Crippen LogP contribution in [0.5, 0.6) is 0 Å². The lowest BCUT2D eigenvalue weighted by molar-refractivity contribution is -0.114. The van der Waals surface area contributed by atoms with Gasteiger partial charge in [-0.2, -0.15) is 0 Å². The molecule has 0 spiro atoms. The van der Waals surface area contributed by atoms with E-state index in [1.165, 1.54) is 24.8 Å². The van der Waals surface area contributed by atoms with Crippen molar-refractivity contribution in [2.75, 3.05) is 22.6 Å². The van der Waals surface area contributed by atoms with E-state index in [-0.39, 0.29) is 28.2 Å². The quantitative estimate of drug-likeness (QED) is 0.470. The smallest absolute Gasteiger partial charge is 0.234 e. The number of hydrogen-bond donors (Lipinski definition) is 2. The van der Waals surface area contributed by atoms with Gasteiger partial charge >= 0.3 is 0 Å². The van der Waals surface area contributed by atoms with Crippen molar-refractivity contribution in [2.45, 2.75) is 35.7 Å². The van der Waals surface area contributed by atoms with E-state index in [1.54, 1.807) is 24.3 Å². The van der Waals surface area contributed by atoms with E-state index in [9.17, 15) is 18.0 Å². The average Bonchev–Trinajstić information content (AvgIpc) is 3.51. The van der Waals surface area contributed by atoms with E-state index in [0.717, 1.165) is 30.6 Å². The second-order valence-corrected chi connectivity index (χ2v) is 10.7. The topological polar surface area (TPSA) is 123 Å². The van der Waals surface area contributed by atoms with Crippen LogP contribution in [0.2, 0.25) is 0 Å². The molecule has 0 atom stereocenters. The third-order valence-corrected chi connectivity index (χ3v) is 7.00. The number of para-hydroxylation sites is 1. The number of carbonyl (C=O) groups is 2. The fraction of sp³-hybridized carbons (Fsp3) is 0.273. The molecule has 1 aliphatic rings. The molecule has 2 amide bonds. The zero-order chi connectivity index (χ0) is 23.6. The van der Waals surface area contributed by atoms with Crippen LogP contribution >= 0.6 is 11.8 Å². The fourth-order valence-electron chi connectivity index (χ4n) is 3.36. The van der Waals surface area contributed by atoms with Gasteiger partial charge in [0.15, 0.2) is 15.0 Å². The van der Waals surface area contributed by atoms with Crippen LogP contribution in [-0.4, -0.2) is 47.0 Å². The summed E-state index contributed by atoms with van der Waals surface area (Å²) in [6.07, 6.45) is 3.15. The number of nitrogens with one attached hydrogen (secondary N) is 2. The number of hydrogen-bond acceptors (Lipinski definition) is 7. The number of anilines is 2. The minimum atomic E-state index is -3.48. The van der Waals surface area contributed by atoms with Crippen molar-refractivity contribution >= 4 is 44.8 Å². The van der Waals surface area contributed by atoms with Gasteiger partial charge in [0.2, 0.25) is 11.8 Å². The third kappa shape index (κ3) is 5.60. The van der Waals surface area contributed by atoms with E-state index in [2.05, 4.69) is 20.8 Å². The van der Waals surface area contributed by atoms with Crippen LogP contribution in [-0.2, 0) is 19.4 Å². The number of carbonyl (C=O) groups excluding carboxylic acids is 2. The van der Waals surface area contributed by atoms with Gasteiger partial charge in [-0.3, -0.25) is 14.2 Å². The maximum absolute atomic E-state index is 12.6. The Bertz CT molecular complexity index is 1320. The molecule has 1 aromatic heterocycles. The van der Waals surface area contributed by atoms with Gasteiger partial charge in [-0.15, -0.1) is 10.2 Å². The number of benzene rings is 2. The number of aromatic nitrogens is 3. The fourth-order valence-corrected chi connectivity index (χ4v) is 4.96. The lowest BCUT2D eigenvalue weighted by atomic mass is 10.2.